The van der Waals surface area contributed by atoms with Crippen molar-refractivity contribution in [1.29, 1.82) is 0 Å². The van der Waals surface area contributed by atoms with Crippen LogP contribution in [0, 0.1) is 0 Å². The molecule has 2 fully saturated rings. The number of nitrogens with one attached hydrogen (secondary N) is 2. The molecule has 0 spiro atoms. The molecule has 170 valence electrons. The molecule has 32 heavy (non-hydrogen) atoms. The van der Waals surface area contributed by atoms with Crippen molar-refractivity contribution in [1.82, 2.24) is 10.8 Å². The molecule has 2 amide bonds. The number of amides is 2. The van der Waals surface area contributed by atoms with Gasteiger partial charge in [-0.25, -0.2) is 5.48 Å². The fourth-order valence-corrected chi connectivity index (χ4v) is 5.30. The Bertz CT molecular complexity index is 1030. The first kappa shape index (κ1) is 23.1. The lowest BCUT2D eigenvalue weighted by Crippen LogP contribution is -2.45. The number of anilines is 1. The molecule has 2 aliphatic rings. The number of nitrogens with zero attached hydrogens (tertiary/aromatic N) is 1. The Morgan fingerprint density at radius 1 is 1.16 bits per heavy atom. The summed E-state index contributed by atoms with van der Waals surface area (Å²) in [5, 5.41) is 2.55. The van der Waals surface area contributed by atoms with E-state index in [-0.39, 0.29) is 31.7 Å². The minimum atomic E-state index is -4.44. The summed E-state index contributed by atoms with van der Waals surface area (Å²) in [6, 6.07) is 10.2. The molecule has 2 N–H and O–H groups in total. The average molecular weight is 577 g/mol. The van der Waals surface area contributed by atoms with Gasteiger partial charge in [-0.3, -0.25) is 14.4 Å². The summed E-state index contributed by atoms with van der Waals surface area (Å²) in [5.41, 5.74) is 1.23. The van der Waals surface area contributed by atoms with E-state index in [0.29, 0.717) is 20.2 Å². The van der Waals surface area contributed by atoms with Gasteiger partial charge in [-0.05, 0) is 54.4 Å². The van der Waals surface area contributed by atoms with Crippen molar-refractivity contribution in [2.24, 2.45) is 0 Å². The third kappa shape index (κ3) is 4.38. The minimum absolute atomic E-state index is 0.0294. The van der Waals surface area contributed by atoms with Crippen LogP contribution in [-0.2, 0) is 15.0 Å². The number of rotatable bonds is 4. The number of benzene rings is 2. The number of carbonyl (C=O) groups excluding carboxylic acids is 2. The van der Waals surface area contributed by atoms with Crippen LogP contribution < -0.4 is 15.7 Å². The fourth-order valence-electron chi connectivity index (χ4n) is 4.01. The maximum absolute atomic E-state index is 14.3. The Hall–Kier alpha value is -2.11. The van der Waals surface area contributed by atoms with Gasteiger partial charge in [0.1, 0.15) is 18.1 Å². The summed E-state index contributed by atoms with van der Waals surface area (Å²) in [6.45, 7) is 0.0148. The Labute approximate surface area is 198 Å². The number of alkyl halides is 3. The molecule has 0 radical (unpaired) electrons. The summed E-state index contributed by atoms with van der Waals surface area (Å²) in [6.07, 6.45) is -4.52. The van der Waals surface area contributed by atoms with Crippen molar-refractivity contribution in [3.63, 3.8) is 0 Å². The van der Waals surface area contributed by atoms with Crippen molar-refractivity contribution < 1.29 is 27.6 Å². The maximum atomic E-state index is 14.3. The predicted octanol–water partition coefficient (Wildman–Crippen LogP) is 4.08. The van der Waals surface area contributed by atoms with Crippen LogP contribution in [0.4, 0.5) is 18.9 Å². The van der Waals surface area contributed by atoms with Crippen LogP contribution in [0.15, 0.2) is 51.4 Å². The van der Waals surface area contributed by atoms with E-state index in [9.17, 15) is 22.8 Å². The fraction of sp³-hybridized carbons (Fsp3) is 0.333. The lowest BCUT2D eigenvalue weighted by atomic mass is 9.79. The van der Waals surface area contributed by atoms with Crippen molar-refractivity contribution in [2.45, 2.75) is 24.1 Å². The number of hydrogen-bond acceptors (Lipinski definition) is 4. The SMILES string of the molecule is O=C(NC1CONC1=O)c1ccc(N2CCC(c3cc(Br)cc(Br)c3)(C(F)(F)F)C2)cc1. The number of hydrogen-bond donors (Lipinski definition) is 2. The van der Waals surface area contributed by atoms with Crippen molar-refractivity contribution in [3.05, 3.63) is 62.5 Å². The Morgan fingerprint density at radius 2 is 1.81 bits per heavy atom. The highest BCUT2D eigenvalue weighted by Crippen LogP contribution is 2.49. The van der Waals surface area contributed by atoms with Gasteiger partial charge in [-0.15, -0.1) is 0 Å². The Morgan fingerprint density at radius 3 is 2.38 bits per heavy atom. The van der Waals surface area contributed by atoms with Crippen molar-refractivity contribution in [3.8, 4) is 0 Å². The molecule has 2 heterocycles. The smallest absolute Gasteiger partial charge is 0.370 e. The van der Waals surface area contributed by atoms with Gasteiger partial charge in [-0.2, -0.15) is 13.2 Å². The lowest BCUT2D eigenvalue weighted by Gasteiger charge is -2.33. The molecule has 4 rings (SSSR count). The normalized spacial score (nSPS) is 23.3. The highest BCUT2D eigenvalue weighted by atomic mass is 79.9. The quantitative estimate of drug-likeness (QED) is 0.575. The highest BCUT2D eigenvalue weighted by Gasteiger charge is 2.59. The Balaban J connectivity index is 1.53. The van der Waals surface area contributed by atoms with Gasteiger partial charge in [0.25, 0.3) is 11.8 Å². The molecule has 2 aromatic carbocycles. The first-order valence-electron chi connectivity index (χ1n) is 9.70. The molecule has 2 unspecified atom stereocenters. The summed E-state index contributed by atoms with van der Waals surface area (Å²) in [4.78, 5) is 30.3. The van der Waals surface area contributed by atoms with Crippen LogP contribution in [0.25, 0.3) is 0 Å². The first-order valence-corrected chi connectivity index (χ1v) is 11.3. The largest absolute Gasteiger partial charge is 0.400 e. The van der Waals surface area contributed by atoms with E-state index in [1.165, 1.54) is 24.3 Å². The molecule has 0 saturated carbocycles. The predicted molar refractivity (Wildman–Crippen MR) is 118 cm³/mol. The van der Waals surface area contributed by atoms with E-state index in [0.717, 1.165) is 0 Å². The van der Waals surface area contributed by atoms with E-state index >= 15 is 0 Å². The zero-order valence-electron chi connectivity index (χ0n) is 16.5. The van der Waals surface area contributed by atoms with E-state index < -0.39 is 29.4 Å². The standard InChI is InChI=1S/C21H18Br2F3N3O3/c22-14-7-13(8-15(23)9-14)20(21(24,25)26)5-6-29(11-20)16-3-1-12(2-4-16)18(30)27-17-10-32-28-19(17)31/h1-4,7-9,17H,5-6,10-11H2,(H,27,30)(H,28,31). The first-order chi connectivity index (χ1) is 15.1. The molecule has 2 atom stereocenters. The summed E-state index contributed by atoms with van der Waals surface area (Å²) < 4.78 is 44.0. The van der Waals surface area contributed by atoms with Gasteiger partial charge >= 0.3 is 6.18 Å². The monoisotopic (exact) mass is 575 g/mol. The molecule has 0 bridgehead atoms. The van der Waals surface area contributed by atoms with Gasteiger partial charge in [0.2, 0.25) is 0 Å². The number of carbonyl (C=O) groups is 2. The molecule has 2 saturated heterocycles. The lowest BCUT2D eigenvalue weighted by molar-refractivity contribution is -0.184. The topological polar surface area (TPSA) is 70.7 Å². The van der Waals surface area contributed by atoms with Gasteiger partial charge < -0.3 is 10.2 Å². The van der Waals surface area contributed by atoms with Gasteiger partial charge in [0.05, 0.1) is 0 Å². The van der Waals surface area contributed by atoms with Crippen LogP contribution >= 0.6 is 31.9 Å². The molecule has 6 nitrogen and oxygen atoms in total. The Kier molecular flexibility index (Phi) is 6.25. The summed E-state index contributed by atoms with van der Waals surface area (Å²) in [7, 11) is 0. The number of hydroxylamine groups is 1. The molecular weight excluding hydrogens is 559 g/mol. The van der Waals surface area contributed by atoms with Crippen molar-refractivity contribution >= 4 is 49.4 Å². The molecular formula is C21H18Br2F3N3O3. The molecule has 2 aliphatic heterocycles. The van der Waals surface area contributed by atoms with Crippen LogP contribution in [-0.4, -0.2) is 43.7 Å². The summed E-state index contributed by atoms with van der Waals surface area (Å²) >= 11 is 6.57. The van der Waals surface area contributed by atoms with Gasteiger partial charge in [-0.1, -0.05) is 31.9 Å². The van der Waals surface area contributed by atoms with Crippen LogP contribution in [0.3, 0.4) is 0 Å². The van der Waals surface area contributed by atoms with Gasteiger partial charge in [0.15, 0.2) is 0 Å². The molecule has 0 aromatic heterocycles. The zero-order chi connectivity index (χ0) is 23.1. The second-order valence-electron chi connectivity index (χ2n) is 7.76. The van der Waals surface area contributed by atoms with Gasteiger partial charge in [0, 0.05) is 33.3 Å². The third-order valence-corrected chi connectivity index (χ3v) is 6.68. The minimum Gasteiger partial charge on any atom is -0.370 e. The van der Waals surface area contributed by atoms with Crippen LogP contribution in [0.2, 0.25) is 0 Å². The average Bonchev–Trinajstić information content (AvgIpc) is 3.35. The molecule has 0 aliphatic carbocycles. The van der Waals surface area contributed by atoms with Crippen molar-refractivity contribution in [2.75, 3.05) is 24.6 Å². The third-order valence-electron chi connectivity index (χ3n) is 5.77. The van der Waals surface area contributed by atoms with E-state index in [1.807, 2.05) is 0 Å². The number of halogens is 5. The van der Waals surface area contributed by atoms with E-state index in [4.69, 9.17) is 4.84 Å². The maximum Gasteiger partial charge on any atom is 0.400 e. The van der Waals surface area contributed by atoms with E-state index in [2.05, 4.69) is 42.7 Å². The van der Waals surface area contributed by atoms with E-state index in [1.54, 1.807) is 23.1 Å². The van der Waals surface area contributed by atoms with Crippen LogP contribution in [0.1, 0.15) is 22.3 Å². The second-order valence-corrected chi connectivity index (χ2v) is 9.59. The second kappa shape index (κ2) is 8.68. The van der Waals surface area contributed by atoms with Crippen LogP contribution in [0.5, 0.6) is 0 Å². The molecule has 11 heteroatoms. The summed E-state index contributed by atoms with van der Waals surface area (Å²) in [5.74, 6) is -0.901. The zero-order valence-corrected chi connectivity index (χ0v) is 19.7. The molecule has 2 aromatic rings. The highest BCUT2D eigenvalue weighted by molar-refractivity contribution is 9.11.